The molecule has 0 spiro atoms. The highest BCUT2D eigenvalue weighted by atomic mass is 32.1. The van der Waals surface area contributed by atoms with Crippen molar-refractivity contribution < 1.29 is 41.0 Å². The number of carbonyl (C=O) groups is 2. The van der Waals surface area contributed by atoms with E-state index in [2.05, 4.69) is 20.6 Å². The third kappa shape index (κ3) is 5.81. The second-order valence-electron chi connectivity index (χ2n) is 12.0. The normalized spacial score (nSPS) is 21.8. The Morgan fingerprint density at radius 1 is 1.10 bits per heavy atom. The van der Waals surface area contributed by atoms with Crippen LogP contribution in [-0.4, -0.2) is 68.7 Å². The number of halogens is 6. The van der Waals surface area contributed by atoms with Crippen LogP contribution in [-0.2, 0) is 6.18 Å². The summed E-state index contributed by atoms with van der Waals surface area (Å²) in [4.78, 5) is 36.2. The summed E-state index contributed by atoms with van der Waals surface area (Å²) in [5.74, 6) is -1.75. The van der Waals surface area contributed by atoms with Crippen LogP contribution >= 0.6 is 11.3 Å². The van der Waals surface area contributed by atoms with Crippen molar-refractivity contribution in [3.63, 3.8) is 0 Å². The number of aliphatic hydroxyl groups is 1. The molecule has 2 bridgehead atoms. The number of rotatable bonds is 8. The van der Waals surface area contributed by atoms with Crippen LogP contribution in [0.3, 0.4) is 0 Å². The lowest BCUT2D eigenvalue weighted by atomic mass is 9.68. The molecule has 2 aromatic rings. The largest absolute Gasteiger partial charge is 0.417 e. The summed E-state index contributed by atoms with van der Waals surface area (Å²) in [5, 5.41) is 14.6. The maximum absolute atomic E-state index is 14.4. The van der Waals surface area contributed by atoms with E-state index in [9.17, 15) is 41.0 Å². The maximum Gasteiger partial charge on any atom is 0.417 e. The lowest BCUT2D eigenvalue weighted by Gasteiger charge is -2.43. The van der Waals surface area contributed by atoms with Gasteiger partial charge >= 0.3 is 12.4 Å². The van der Waals surface area contributed by atoms with Crippen molar-refractivity contribution in [3.8, 4) is 10.4 Å². The average Bonchev–Trinajstić information content (AvgIpc) is 3.59. The van der Waals surface area contributed by atoms with Crippen LogP contribution < -0.4 is 10.6 Å². The number of amides is 2. The highest BCUT2D eigenvalue weighted by Gasteiger charge is 2.58. The van der Waals surface area contributed by atoms with Gasteiger partial charge in [0.25, 0.3) is 11.8 Å². The van der Waals surface area contributed by atoms with E-state index in [1.54, 1.807) is 4.90 Å². The highest BCUT2D eigenvalue weighted by molar-refractivity contribution is 7.17. The molecule has 3 aliphatic rings. The number of carbonyl (C=O) groups excluding carboxylic acids is 2. The van der Waals surface area contributed by atoms with Crippen molar-refractivity contribution in [2.75, 3.05) is 18.4 Å². The molecule has 0 radical (unpaired) electrons. The van der Waals surface area contributed by atoms with Crippen molar-refractivity contribution in [1.82, 2.24) is 20.2 Å². The SMILES string of the molecule is CC(C)(O)CNC(=O)c1nc(C(=O)N2C3CCC2CC3)c(-c2cnc(NCC3(C(F)(F)F)CCC3)cc2C(F)(F)F)s1. The summed E-state index contributed by atoms with van der Waals surface area (Å²) in [6.45, 7) is 2.12. The maximum atomic E-state index is 14.4. The fraction of sp³-hybridized carbons (Fsp3) is 0.630. The van der Waals surface area contributed by atoms with Gasteiger partial charge in [0.15, 0.2) is 5.01 Å². The zero-order valence-corrected chi connectivity index (χ0v) is 23.8. The number of aromatic nitrogens is 2. The van der Waals surface area contributed by atoms with E-state index < -0.39 is 52.9 Å². The zero-order chi connectivity index (χ0) is 30.7. The van der Waals surface area contributed by atoms with Crippen LogP contribution in [0.1, 0.15) is 84.6 Å². The summed E-state index contributed by atoms with van der Waals surface area (Å²) in [7, 11) is 0. The number of alkyl halides is 6. The van der Waals surface area contributed by atoms with Crippen molar-refractivity contribution in [2.45, 2.75) is 88.8 Å². The van der Waals surface area contributed by atoms with E-state index >= 15 is 0 Å². The molecule has 15 heteroatoms. The monoisotopic (exact) mass is 619 g/mol. The van der Waals surface area contributed by atoms with Crippen LogP contribution in [0.15, 0.2) is 12.3 Å². The smallest absolute Gasteiger partial charge is 0.389 e. The van der Waals surface area contributed by atoms with Gasteiger partial charge in [0.1, 0.15) is 11.5 Å². The predicted molar refractivity (Wildman–Crippen MR) is 142 cm³/mol. The van der Waals surface area contributed by atoms with Crippen molar-refractivity contribution in [1.29, 1.82) is 0 Å². The Labute approximate surface area is 241 Å². The van der Waals surface area contributed by atoms with E-state index in [1.165, 1.54) is 13.8 Å². The molecule has 8 nitrogen and oxygen atoms in total. The molecule has 2 aliphatic heterocycles. The van der Waals surface area contributed by atoms with Gasteiger partial charge in [-0.25, -0.2) is 9.97 Å². The van der Waals surface area contributed by atoms with E-state index in [1.807, 2.05) is 0 Å². The molecule has 3 fully saturated rings. The number of pyridine rings is 1. The summed E-state index contributed by atoms with van der Waals surface area (Å²) >= 11 is 0.590. The lowest BCUT2D eigenvalue weighted by Crippen LogP contribution is -2.48. The molecular formula is C27H31F6N5O3S. The Hall–Kier alpha value is -2.94. The zero-order valence-electron chi connectivity index (χ0n) is 23.0. The minimum Gasteiger partial charge on any atom is -0.389 e. The number of fused-ring (bicyclic) bond motifs is 2. The summed E-state index contributed by atoms with van der Waals surface area (Å²) in [5.41, 5.74) is -5.34. The molecule has 42 heavy (non-hydrogen) atoms. The van der Waals surface area contributed by atoms with Crippen LogP contribution in [0.25, 0.3) is 10.4 Å². The molecule has 1 aliphatic carbocycles. The van der Waals surface area contributed by atoms with Gasteiger partial charge in [0.05, 0.1) is 21.5 Å². The summed E-state index contributed by atoms with van der Waals surface area (Å²) in [6, 6.07) is 0.493. The predicted octanol–water partition coefficient (Wildman–Crippen LogP) is 5.64. The third-order valence-corrected chi connectivity index (χ3v) is 9.45. The molecule has 5 rings (SSSR count). The first kappa shape index (κ1) is 30.5. The Kier molecular flexibility index (Phi) is 7.74. The number of anilines is 1. The summed E-state index contributed by atoms with van der Waals surface area (Å²) < 4.78 is 83.9. The van der Waals surface area contributed by atoms with Crippen molar-refractivity contribution >= 4 is 29.0 Å². The molecule has 230 valence electrons. The number of hydrogen-bond acceptors (Lipinski definition) is 7. The molecule has 1 saturated carbocycles. The quantitative estimate of drug-likeness (QED) is 0.331. The lowest BCUT2D eigenvalue weighted by molar-refractivity contribution is -0.244. The molecule has 0 aromatic carbocycles. The molecule has 0 unspecified atom stereocenters. The number of nitrogens with zero attached hydrogens (tertiary/aromatic N) is 3. The van der Waals surface area contributed by atoms with Gasteiger partial charge in [-0.15, -0.1) is 11.3 Å². The van der Waals surface area contributed by atoms with E-state index in [4.69, 9.17) is 0 Å². The second kappa shape index (κ2) is 10.6. The number of thiazole rings is 1. The van der Waals surface area contributed by atoms with E-state index in [0.29, 0.717) is 23.8 Å². The van der Waals surface area contributed by atoms with Gasteiger partial charge in [-0.2, -0.15) is 26.3 Å². The van der Waals surface area contributed by atoms with Gasteiger partial charge in [0, 0.05) is 36.9 Å². The van der Waals surface area contributed by atoms with E-state index in [-0.39, 0.29) is 52.9 Å². The average molecular weight is 620 g/mol. The van der Waals surface area contributed by atoms with Gasteiger partial charge in [-0.3, -0.25) is 9.59 Å². The van der Waals surface area contributed by atoms with Crippen molar-refractivity contribution in [2.24, 2.45) is 5.41 Å². The molecule has 2 saturated heterocycles. The van der Waals surface area contributed by atoms with Gasteiger partial charge in [0.2, 0.25) is 0 Å². The molecular weight excluding hydrogens is 588 g/mol. The van der Waals surface area contributed by atoms with Crippen LogP contribution in [0.4, 0.5) is 32.2 Å². The summed E-state index contributed by atoms with van der Waals surface area (Å²) in [6.07, 6.45) is -5.44. The fourth-order valence-corrected chi connectivity index (χ4v) is 6.87. The first-order chi connectivity index (χ1) is 19.5. The van der Waals surface area contributed by atoms with Gasteiger partial charge in [-0.1, -0.05) is 6.42 Å². The minimum atomic E-state index is -4.97. The van der Waals surface area contributed by atoms with Gasteiger partial charge in [-0.05, 0) is 58.4 Å². The Morgan fingerprint density at radius 3 is 2.21 bits per heavy atom. The standard InChI is InChI=1S/C27H31F6N5O3S/c1-24(2,41)12-36-21(39)22-37-19(23(40)38-14-4-5-15(38)7-6-14)20(42-22)16-11-34-18(10-17(16)26(28,29)30)35-13-25(8-3-9-25)27(31,32)33/h10-11,14-15,41H,3-9,12-13H2,1-2H3,(H,34,35)(H,36,39). The van der Waals surface area contributed by atoms with Crippen LogP contribution in [0, 0.1) is 5.41 Å². The number of hydrogen-bond donors (Lipinski definition) is 3. The van der Waals surface area contributed by atoms with Crippen LogP contribution in [0.2, 0.25) is 0 Å². The Balaban J connectivity index is 1.52. The third-order valence-electron chi connectivity index (χ3n) is 8.37. The molecule has 2 amide bonds. The molecule has 0 atom stereocenters. The van der Waals surface area contributed by atoms with E-state index in [0.717, 1.165) is 31.9 Å². The highest BCUT2D eigenvalue weighted by Crippen LogP contribution is 2.53. The van der Waals surface area contributed by atoms with Crippen LogP contribution in [0.5, 0.6) is 0 Å². The van der Waals surface area contributed by atoms with Gasteiger partial charge < -0.3 is 20.6 Å². The molecule has 3 N–H and O–H groups in total. The fourth-order valence-electron chi connectivity index (χ4n) is 5.87. The first-order valence-electron chi connectivity index (χ1n) is 13.7. The molecule has 2 aromatic heterocycles. The minimum absolute atomic E-state index is 0.0660. The Morgan fingerprint density at radius 2 is 1.71 bits per heavy atom. The first-order valence-corrected chi connectivity index (χ1v) is 14.5. The van der Waals surface area contributed by atoms with Crippen molar-refractivity contribution in [3.05, 3.63) is 28.5 Å². The second-order valence-corrected chi connectivity index (χ2v) is 13.0. The molecule has 4 heterocycles. The Bertz CT molecular complexity index is 1350. The number of nitrogens with one attached hydrogen (secondary N) is 2. The topological polar surface area (TPSA) is 107 Å².